The molecule has 0 fully saturated rings. The van der Waals surface area contributed by atoms with Crippen molar-refractivity contribution >= 4 is 53.8 Å². The highest BCUT2D eigenvalue weighted by Crippen LogP contribution is 2.34. The van der Waals surface area contributed by atoms with E-state index in [1.165, 1.54) is 57.8 Å². The number of halogens is 3. The third-order valence-electron chi connectivity index (χ3n) is 3.81. The molecular formula is C20H33Br3O2. The van der Waals surface area contributed by atoms with Gasteiger partial charge >= 0.3 is 5.97 Å². The van der Waals surface area contributed by atoms with Crippen LogP contribution in [0.1, 0.15) is 84.0 Å². The Morgan fingerprint density at radius 3 is 1.88 bits per heavy atom. The highest BCUT2D eigenvalue weighted by Gasteiger charge is 2.30. The molecule has 25 heavy (non-hydrogen) atoms. The van der Waals surface area contributed by atoms with Crippen molar-refractivity contribution in [3.05, 3.63) is 24.3 Å². The molecule has 0 spiro atoms. The molecule has 0 N–H and O–H groups in total. The van der Waals surface area contributed by atoms with Gasteiger partial charge in [0.05, 0.1) is 6.61 Å². The summed E-state index contributed by atoms with van der Waals surface area (Å²) in [5, 5.41) is 0. The van der Waals surface area contributed by atoms with Crippen molar-refractivity contribution in [2.75, 3.05) is 6.61 Å². The first-order valence-electron chi connectivity index (χ1n) is 9.52. The van der Waals surface area contributed by atoms with Gasteiger partial charge in [0.2, 0.25) is 2.14 Å². The van der Waals surface area contributed by atoms with Crippen LogP contribution in [-0.2, 0) is 9.53 Å². The van der Waals surface area contributed by atoms with E-state index in [0.717, 1.165) is 19.3 Å². The molecule has 0 aliphatic heterocycles. The van der Waals surface area contributed by atoms with Crippen LogP contribution in [0.25, 0.3) is 0 Å². The Bertz CT molecular complexity index is 374. The molecule has 0 aromatic heterocycles. The lowest BCUT2D eigenvalue weighted by molar-refractivity contribution is -0.141. The topological polar surface area (TPSA) is 26.3 Å². The second-order valence-corrected chi connectivity index (χ2v) is 13.0. The number of rotatable bonds is 15. The van der Waals surface area contributed by atoms with Crippen LogP contribution < -0.4 is 0 Å². The van der Waals surface area contributed by atoms with Crippen LogP contribution >= 0.6 is 47.8 Å². The fraction of sp³-hybridized carbons (Fsp3) is 0.750. The maximum Gasteiger partial charge on any atom is 0.344 e. The number of unbranched alkanes of at least 4 members (excludes halogenated alkanes) is 9. The molecule has 0 amide bonds. The van der Waals surface area contributed by atoms with Crippen molar-refractivity contribution in [2.45, 2.75) is 86.1 Å². The molecule has 0 aromatic carbocycles. The monoisotopic (exact) mass is 542 g/mol. The van der Waals surface area contributed by atoms with E-state index in [9.17, 15) is 4.79 Å². The average molecular weight is 545 g/mol. The first-order chi connectivity index (χ1) is 12.0. The van der Waals surface area contributed by atoms with Crippen molar-refractivity contribution in [1.82, 2.24) is 0 Å². The quantitative estimate of drug-likeness (QED) is 0.0899. The molecule has 0 atom stereocenters. The van der Waals surface area contributed by atoms with Crippen molar-refractivity contribution in [3.63, 3.8) is 0 Å². The zero-order valence-corrected chi connectivity index (χ0v) is 20.2. The van der Waals surface area contributed by atoms with Crippen LogP contribution in [0.15, 0.2) is 24.3 Å². The minimum atomic E-state index is -0.939. The first kappa shape index (κ1) is 25.4. The molecular weight excluding hydrogens is 512 g/mol. The second-order valence-electron chi connectivity index (χ2n) is 6.22. The molecule has 0 aliphatic carbocycles. The number of alkyl halides is 3. The first-order valence-corrected chi connectivity index (χ1v) is 11.9. The van der Waals surface area contributed by atoms with Crippen molar-refractivity contribution < 1.29 is 9.53 Å². The number of carbonyl (C=O) groups is 1. The van der Waals surface area contributed by atoms with E-state index in [-0.39, 0.29) is 5.97 Å². The van der Waals surface area contributed by atoms with Crippen LogP contribution in [0.2, 0.25) is 0 Å². The molecule has 0 saturated carbocycles. The van der Waals surface area contributed by atoms with E-state index < -0.39 is 2.14 Å². The van der Waals surface area contributed by atoms with E-state index in [1.807, 2.05) is 0 Å². The van der Waals surface area contributed by atoms with Crippen LogP contribution in [0.3, 0.4) is 0 Å². The zero-order valence-electron chi connectivity index (χ0n) is 15.5. The molecule has 0 aromatic rings. The standard InChI is InChI=1S/C20H33Br3O2/c1-2-3-4-5-6-7-8-9-10-11-12-13-14-15-16-17-18-25-19(24)20(21,22)23/h6-7,9-10H,2-5,8,11-18H2,1H3/b7-6-,10-9-. The molecule has 0 radical (unpaired) electrons. The lowest BCUT2D eigenvalue weighted by Gasteiger charge is -2.11. The SMILES string of the molecule is CCCCC/C=C\C/C=C\CCCCCCCCOC(=O)C(Br)(Br)Br. The number of hydrogen-bond donors (Lipinski definition) is 0. The fourth-order valence-electron chi connectivity index (χ4n) is 2.34. The Kier molecular flexibility index (Phi) is 18.1. The lowest BCUT2D eigenvalue weighted by atomic mass is 10.1. The Morgan fingerprint density at radius 1 is 0.800 bits per heavy atom. The second kappa shape index (κ2) is 17.8. The normalized spacial score (nSPS) is 12.3. The summed E-state index contributed by atoms with van der Waals surface area (Å²) < 4.78 is 4.19. The molecule has 146 valence electrons. The largest absolute Gasteiger partial charge is 0.463 e. The van der Waals surface area contributed by atoms with Gasteiger partial charge in [-0.2, -0.15) is 0 Å². The van der Waals surface area contributed by atoms with Gasteiger partial charge in [0, 0.05) is 0 Å². The summed E-state index contributed by atoms with van der Waals surface area (Å²) in [5.74, 6) is -0.338. The van der Waals surface area contributed by atoms with Crippen LogP contribution in [0.5, 0.6) is 0 Å². The van der Waals surface area contributed by atoms with Gasteiger partial charge in [-0.3, -0.25) is 0 Å². The van der Waals surface area contributed by atoms with Crippen molar-refractivity contribution in [3.8, 4) is 0 Å². The van der Waals surface area contributed by atoms with Crippen LogP contribution in [0.4, 0.5) is 0 Å². The average Bonchev–Trinajstić information content (AvgIpc) is 2.56. The fourth-order valence-corrected chi connectivity index (χ4v) is 2.68. The summed E-state index contributed by atoms with van der Waals surface area (Å²) in [7, 11) is 0. The van der Waals surface area contributed by atoms with Gasteiger partial charge in [0.15, 0.2) is 0 Å². The summed E-state index contributed by atoms with van der Waals surface area (Å²) in [6.07, 6.45) is 23.7. The van der Waals surface area contributed by atoms with Gasteiger partial charge in [-0.25, -0.2) is 4.79 Å². The minimum absolute atomic E-state index is 0.338. The van der Waals surface area contributed by atoms with Crippen molar-refractivity contribution in [2.24, 2.45) is 0 Å². The Labute approximate surface area is 179 Å². The zero-order chi connectivity index (χ0) is 18.8. The lowest BCUT2D eigenvalue weighted by Crippen LogP contribution is -2.20. The van der Waals surface area contributed by atoms with E-state index in [0.29, 0.717) is 6.61 Å². The highest BCUT2D eigenvalue weighted by atomic mass is 80.0. The number of carbonyl (C=O) groups excluding carboxylic acids is 1. The summed E-state index contributed by atoms with van der Waals surface area (Å²) in [5.41, 5.74) is 0. The number of hydrogen-bond acceptors (Lipinski definition) is 2. The van der Waals surface area contributed by atoms with Gasteiger partial charge in [0.25, 0.3) is 0 Å². The molecule has 2 nitrogen and oxygen atoms in total. The molecule has 0 aliphatic rings. The summed E-state index contributed by atoms with van der Waals surface area (Å²) in [6, 6.07) is 0. The van der Waals surface area contributed by atoms with E-state index >= 15 is 0 Å². The predicted molar refractivity (Wildman–Crippen MR) is 120 cm³/mol. The Balaban J connectivity index is 3.28. The smallest absolute Gasteiger partial charge is 0.344 e. The third-order valence-corrected chi connectivity index (χ3v) is 4.78. The van der Waals surface area contributed by atoms with Crippen LogP contribution in [-0.4, -0.2) is 14.7 Å². The maximum atomic E-state index is 11.5. The van der Waals surface area contributed by atoms with E-state index in [2.05, 4.69) is 79.0 Å². The highest BCUT2D eigenvalue weighted by molar-refractivity contribution is 9.40. The number of allylic oxidation sites excluding steroid dienone is 4. The van der Waals surface area contributed by atoms with Crippen LogP contribution in [0, 0.1) is 0 Å². The predicted octanol–water partition coefficient (Wildman–Crippen LogP) is 8.18. The molecule has 5 heteroatoms. The summed E-state index contributed by atoms with van der Waals surface area (Å²) >= 11 is 9.43. The molecule has 0 bridgehead atoms. The Morgan fingerprint density at radius 2 is 1.32 bits per heavy atom. The summed E-state index contributed by atoms with van der Waals surface area (Å²) in [4.78, 5) is 11.5. The van der Waals surface area contributed by atoms with Crippen molar-refractivity contribution in [1.29, 1.82) is 0 Å². The van der Waals surface area contributed by atoms with Gasteiger partial charge in [0.1, 0.15) is 0 Å². The Hall–Kier alpha value is 0.390. The number of ether oxygens (including phenoxy) is 1. The van der Waals surface area contributed by atoms with Gasteiger partial charge in [-0.15, -0.1) is 0 Å². The molecule has 0 unspecified atom stereocenters. The molecule has 0 saturated heterocycles. The summed E-state index contributed by atoms with van der Waals surface area (Å²) in [6.45, 7) is 2.73. The van der Waals surface area contributed by atoms with E-state index in [4.69, 9.17) is 4.74 Å². The molecule has 0 rings (SSSR count). The third kappa shape index (κ3) is 19.0. The van der Waals surface area contributed by atoms with Gasteiger partial charge in [-0.1, -0.05) is 69.8 Å². The minimum Gasteiger partial charge on any atom is -0.463 e. The van der Waals surface area contributed by atoms with Gasteiger partial charge in [-0.05, 0) is 86.3 Å². The van der Waals surface area contributed by atoms with Gasteiger partial charge < -0.3 is 4.74 Å². The number of esters is 1. The maximum absolute atomic E-state index is 11.5. The molecule has 0 heterocycles. The van der Waals surface area contributed by atoms with E-state index in [1.54, 1.807) is 0 Å².